The highest BCUT2D eigenvalue weighted by molar-refractivity contribution is 6.42. The number of allylic oxidation sites excluding steroid dienone is 1. The third kappa shape index (κ3) is 5.54. The van der Waals surface area contributed by atoms with Gasteiger partial charge in [-0.25, -0.2) is 9.97 Å². The highest BCUT2D eigenvalue weighted by atomic mass is 35.5. The van der Waals surface area contributed by atoms with Crippen molar-refractivity contribution in [3.8, 4) is 0 Å². The summed E-state index contributed by atoms with van der Waals surface area (Å²) in [5.74, 6) is 0. The zero-order valence-corrected chi connectivity index (χ0v) is 24.8. The molecule has 0 aliphatic rings. The highest BCUT2D eigenvalue weighted by Gasteiger charge is 2.37. The maximum atomic E-state index is 12.5. The van der Waals surface area contributed by atoms with Crippen molar-refractivity contribution in [3.63, 3.8) is 0 Å². The lowest BCUT2D eigenvalue weighted by Gasteiger charge is -2.30. The Kier molecular flexibility index (Phi) is 8.07. The fourth-order valence-corrected chi connectivity index (χ4v) is 5.65. The van der Waals surface area contributed by atoms with E-state index in [9.17, 15) is 5.11 Å². The summed E-state index contributed by atoms with van der Waals surface area (Å²) >= 11 is 6.69. The lowest BCUT2D eigenvalue weighted by atomic mass is 9.83. The van der Waals surface area contributed by atoms with E-state index >= 15 is 0 Å². The second-order valence-corrected chi connectivity index (χ2v) is 10.9. The number of benzene rings is 3. The molecule has 2 heterocycles. The predicted octanol–water partition coefficient (Wildman–Crippen LogP) is 4.53. The quantitative estimate of drug-likeness (QED) is 0.161. The van der Waals surface area contributed by atoms with Crippen LogP contribution >= 0.6 is 11.6 Å². The van der Waals surface area contributed by atoms with Gasteiger partial charge >= 0.3 is 0 Å². The number of aromatic nitrogens is 3. The van der Waals surface area contributed by atoms with Crippen LogP contribution in [0.2, 0.25) is 5.15 Å². The first-order valence-electron chi connectivity index (χ1n) is 13.0. The number of aryl methyl sites for hydroxylation is 1. The van der Waals surface area contributed by atoms with Crippen LogP contribution < -0.4 is 15.8 Å². The molecule has 0 fully saturated rings. The molecule has 2 aromatic heterocycles. The Hall–Kier alpha value is -4.24. The number of rotatable bonds is 8. The number of aliphatic hydroxyl groups is 1. The number of hydrogen-bond donors (Lipinski definition) is 2. The van der Waals surface area contributed by atoms with Gasteiger partial charge in [0.25, 0.3) is 0 Å². The molecule has 0 saturated carbocycles. The maximum absolute atomic E-state index is 12.5. The van der Waals surface area contributed by atoms with E-state index in [1.807, 2.05) is 97.3 Å². The zero-order valence-electron chi connectivity index (χ0n) is 23.1. The molecule has 0 amide bonds. The Morgan fingerprint density at radius 3 is 2.41 bits per heavy atom. The van der Waals surface area contributed by atoms with Crippen LogP contribution in [-0.4, -0.2) is 50.2 Å². The minimum absolute atomic E-state index is 0.423. The lowest BCUT2D eigenvalue weighted by molar-refractivity contribution is 0.117. The normalized spacial score (nSPS) is 13.3. The summed E-state index contributed by atoms with van der Waals surface area (Å²) < 4.78 is 1.84. The molecule has 3 radical (unpaired) electrons. The van der Waals surface area contributed by atoms with Crippen LogP contribution in [0.4, 0.5) is 11.4 Å². The van der Waals surface area contributed by atoms with Crippen molar-refractivity contribution in [2.45, 2.75) is 12.0 Å². The smallest absolute Gasteiger partial charge is 0.156 e. The molecule has 0 bridgehead atoms. The summed E-state index contributed by atoms with van der Waals surface area (Å²) in [6.07, 6.45) is 8.72. The molecule has 1 unspecified atom stereocenters. The Bertz CT molecular complexity index is 1750. The maximum Gasteiger partial charge on any atom is 0.156 e. The van der Waals surface area contributed by atoms with E-state index in [0.717, 1.165) is 44.2 Å². The monoisotopic (exact) mass is 577 g/mol. The minimum Gasteiger partial charge on any atom is -0.405 e. The van der Waals surface area contributed by atoms with Crippen molar-refractivity contribution in [2.24, 2.45) is 17.8 Å². The molecule has 0 spiro atoms. The summed E-state index contributed by atoms with van der Waals surface area (Å²) in [4.78, 5) is 15.4. The van der Waals surface area contributed by atoms with Gasteiger partial charge in [0.05, 0.1) is 39.7 Å². The molecule has 5 rings (SSSR count). The second kappa shape index (κ2) is 11.7. The molecule has 5 aromatic rings. The molecule has 7 nitrogen and oxygen atoms in total. The van der Waals surface area contributed by atoms with E-state index in [-0.39, 0.29) is 0 Å². The number of fused-ring (bicyclic) bond motifs is 1. The van der Waals surface area contributed by atoms with Crippen LogP contribution in [0.15, 0.2) is 96.5 Å². The highest BCUT2D eigenvalue weighted by Crippen LogP contribution is 2.38. The first-order chi connectivity index (χ1) is 19.7. The van der Waals surface area contributed by atoms with E-state index in [1.54, 1.807) is 24.8 Å². The topological polar surface area (TPSA) is 92.6 Å². The van der Waals surface area contributed by atoms with Crippen molar-refractivity contribution in [1.82, 2.24) is 14.5 Å². The Labute approximate surface area is 248 Å². The van der Waals surface area contributed by atoms with E-state index in [4.69, 9.17) is 22.3 Å². The summed E-state index contributed by atoms with van der Waals surface area (Å²) in [6.45, 7) is 0. The Morgan fingerprint density at radius 2 is 1.78 bits per heavy atom. The van der Waals surface area contributed by atoms with Gasteiger partial charge in [0.15, 0.2) is 5.60 Å². The number of pyridine rings is 1. The lowest BCUT2D eigenvalue weighted by Crippen LogP contribution is -2.31. The van der Waals surface area contributed by atoms with Gasteiger partial charge in [0.2, 0.25) is 0 Å². The first-order valence-corrected chi connectivity index (χ1v) is 13.9. The molecule has 0 saturated heterocycles. The number of anilines is 1. The molecule has 3 N–H and O–H groups in total. The van der Waals surface area contributed by atoms with Crippen LogP contribution in [0.25, 0.3) is 10.9 Å². The standard InChI is InChI=1S/C32H30ClN6OSi/c1-38(2)25-12-7-22(8-13-25)32(40,29-19-35-20-39(29)3)23-9-14-28-26(18-23)30(41)27(31(33)37-28)17-21-5-10-24(11-6-21)36-16-4-15-34/h4-16,18-20,40H,17,34H2,1-3H3. The zero-order chi connectivity index (χ0) is 29.1. The largest absolute Gasteiger partial charge is 0.405 e. The number of imidazole rings is 1. The average Bonchev–Trinajstić information content (AvgIpc) is 3.42. The van der Waals surface area contributed by atoms with Crippen molar-refractivity contribution < 1.29 is 5.11 Å². The fourth-order valence-electron chi connectivity index (χ4n) is 4.91. The third-order valence-electron chi connectivity index (χ3n) is 7.18. The van der Waals surface area contributed by atoms with Crippen LogP contribution in [-0.2, 0) is 19.1 Å². The first kappa shape index (κ1) is 28.3. The average molecular weight is 578 g/mol. The third-order valence-corrected chi connectivity index (χ3v) is 8.06. The van der Waals surface area contributed by atoms with Gasteiger partial charge in [0, 0.05) is 39.5 Å². The van der Waals surface area contributed by atoms with Crippen LogP contribution in [0, 0.1) is 0 Å². The van der Waals surface area contributed by atoms with E-state index in [1.165, 1.54) is 6.20 Å². The van der Waals surface area contributed by atoms with E-state index in [0.29, 0.717) is 22.8 Å². The summed E-state index contributed by atoms with van der Waals surface area (Å²) in [6, 6.07) is 21.6. The molecule has 1 atom stereocenters. The molecule has 3 aromatic carbocycles. The van der Waals surface area contributed by atoms with Crippen molar-refractivity contribution >= 4 is 55.5 Å². The minimum atomic E-state index is -1.46. The number of nitrogens with zero attached hydrogens (tertiary/aromatic N) is 5. The van der Waals surface area contributed by atoms with Gasteiger partial charge in [-0.2, -0.15) is 0 Å². The molecule has 41 heavy (non-hydrogen) atoms. The van der Waals surface area contributed by atoms with E-state index in [2.05, 4.69) is 20.2 Å². The second-order valence-electron chi connectivity index (χ2n) is 10.0. The molecule has 205 valence electrons. The van der Waals surface area contributed by atoms with Crippen molar-refractivity contribution in [3.05, 3.63) is 125 Å². The van der Waals surface area contributed by atoms with Gasteiger partial charge in [-0.3, -0.25) is 4.99 Å². The summed E-state index contributed by atoms with van der Waals surface area (Å²) in [7, 11) is 9.74. The Morgan fingerprint density at radius 1 is 1.07 bits per heavy atom. The number of nitrogens with two attached hydrogens (primary N) is 1. The van der Waals surface area contributed by atoms with Crippen molar-refractivity contribution in [2.75, 3.05) is 19.0 Å². The Balaban J connectivity index is 1.59. The molecule has 0 aliphatic heterocycles. The van der Waals surface area contributed by atoms with E-state index < -0.39 is 5.60 Å². The molecular formula is C32H30ClN6OSi. The van der Waals surface area contributed by atoms with Gasteiger partial charge in [-0.15, -0.1) is 0 Å². The summed E-state index contributed by atoms with van der Waals surface area (Å²) in [5.41, 5.74) is 10.5. The van der Waals surface area contributed by atoms with Gasteiger partial charge in [0.1, 0.15) is 5.15 Å². The summed E-state index contributed by atoms with van der Waals surface area (Å²) in [5, 5.41) is 14.6. The SMILES string of the molecule is CN(C)c1ccc(C(O)(c2ccc3nc(Cl)c(Cc4ccc(N=CC=CN)cc4)c([Si])c3c2)c2cncn2C)cc1. The molecule has 9 heteroatoms. The van der Waals surface area contributed by atoms with Crippen molar-refractivity contribution in [1.29, 1.82) is 0 Å². The molecular weight excluding hydrogens is 548 g/mol. The van der Waals surface area contributed by atoms with Gasteiger partial charge < -0.3 is 20.3 Å². The molecule has 0 aliphatic carbocycles. The van der Waals surface area contributed by atoms with Crippen LogP contribution in [0.5, 0.6) is 0 Å². The number of hydrogen-bond acceptors (Lipinski definition) is 6. The van der Waals surface area contributed by atoms with Crippen LogP contribution in [0.3, 0.4) is 0 Å². The number of halogens is 1. The van der Waals surface area contributed by atoms with Gasteiger partial charge in [-0.1, -0.05) is 47.1 Å². The number of aliphatic imine (C=N–C) groups is 1. The fraction of sp³-hybridized carbons (Fsp3) is 0.156. The predicted molar refractivity (Wildman–Crippen MR) is 169 cm³/mol. The van der Waals surface area contributed by atoms with Crippen LogP contribution in [0.1, 0.15) is 27.9 Å². The van der Waals surface area contributed by atoms with Gasteiger partial charge in [-0.05, 0) is 76.3 Å².